The van der Waals surface area contributed by atoms with Gasteiger partial charge in [-0.25, -0.2) is 9.18 Å². The van der Waals surface area contributed by atoms with Crippen LogP contribution in [-0.4, -0.2) is 24.0 Å². The highest BCUT2D eigenvalue weighted by Gasteiger charge is 2.21. The van der Waals surface area contributed by atoms with Crippen LogP contribution in [0.3, 0.4) is 0 Å². The lowest BCUT2D eigenvalue weighted by Gasteiger charge is -2.30. The predicted octanol–water partition coefficient (Wildman–Crippen LogP) is 4.16. The lowest BCUT2D eigenvalue weighted by atomic mass is 10.00. The molecule has 1 heterocycles. The fourth-order valence-corrected chi connectivity index (χ4v) is 2.62. The molecular formula is C14H18BrFN2O. The summed E-state index contributed by atoms with van der Waals surface area (Å²) in [6.07, 6.45) is 2.06. The molecule has 104 valence electrons. The van der Waals surface area contributed by atoms with Gasteiger partial charge >= 0.3 is 6.03 Å². The summed E-state index contributed by atoms with van der Waals surface area (Å²) < 4.78 is 14.1. The Labute approximate surface area is 121 Å². The maximum atomic E-state index is 13.7. The van der Waals surface area contributed by atoms with Crippen LogP contribution in [0.25, 0.3) is 0 Å². The van der Waals surface area contributed by atoms with E-state index < -0.39 is 0 Å². The number of nitrogens with zero attached hydrogens (tertiary/aromatic N) is 1. The fourth-order valence-electron chi connectivity index (χ4n) is 2.19. The predicted molar refractivity (Wildman–Crippen MR) is 77.8 cm³/mol. The monoisotopic (exact) mass is 328 g/mol. The summed E-state index contributed by atoms with van der Waals surface area (Å²) in [6, 6.07) is 3.18. The van der Waals surface area contributed by atoms with E-state index in [0.29, 0.717) is 21.6 Å². The van der Waals surface area contributed by atoms with Crippen LogP contribution < -0.4 is 5.32 Å². The van der Waals surface area contributed by atoms with Crippen LogP contribution in [-0.2, 0) is 0 Å². The molecular weight excluding hydrogens is 311 g/mol. The molecule has 2 rings (SSSR count). The Hall–Kier alpha value is -1.10. The van der Waals surface area contributed by atoms with Gasteiger partial charge in [-0.3, -0.25) is 0 Å². The molecule has 1 aromatic rings. The number of nitrogens with one attached hydrogen (secondary N) is 1. The van der Waals surface area contributed by atoms with E-state index >= 15 is 0 Å². The standard InChI is InChI=1S/C14H18BrFN2O/c1-9-5-7-18(8-6-9)14(19)17-12-4-3-11(15)13(16)10(12)2/h3-4,9H,5-8H2,1-2H3,(H,17,19). The second kappa shape index (κ2) is 5.90. The zero-order valence-electron chi connectivity index (χ0n) is 11.2. The van der Waals surface area contributed by atoms with Gasteiger partial charge in [0.25, 0.3) is 0 Å². The third kappa shape index (κ3) is 3.26. The maximum Gasteiger partial charge on any atom is 0.321 e. The third-order valence-corrected chi connectivity index (χ3v) is 4.26. The molecule has 0 saturated carbocycles. The van der Waals surface area contributed by atoms with E-state index in [9.17, 15) is 9.18 Å². The van der Waals surface area contributed by atoms with Gasteiger partial charge in [-0.1, -0.05) is 6.92 Å². The Kier molecular flexibility index (Phi) is 4.45. The zero-order chi connectivity index (χ0) is 14.0. The fraction of sp³-hybridized carbons (Fsp3) is 0.500. The second-order valence-electron chi connectivity index (χ2n) is 5.13. The van der Waals surface area contributed by atoms with Gasteiger partial charge in [0.05, 0.1) is 4.47 Å². The number of hydrogen-bond donors (Lipinski definition) is 1. The van der Waals surface area contributed by atoms with Gasteiger partial charge in [-0.15, -0.1) is 0 Å². The molecule has 1 aliphatic heterocycles. The quantitative estimate of drug-likeness (QED) is 0.824. The van der Waals surface area contributed by atoms with Crippen molar-refractivity contribution in [2.75, 3.05) is 18.4 Å². The molecule has 0 atom stereocenters. The van der Waals surface area contributed by atoms with Crippen molar-refractivity contribution in [3.05, 3.63) is 28.0 Å². The van der Waals surface area contributed by atoms with E-state index in [1.165, 1.54) is 0 Å². The molecule has 0 unspecified atom stereocenters. The molecule has 0 aliphatic carbocycles. The van der Waals surface area contributed by atoms with Gasteiger partial charge in [-0.05, 0) is 53.7 Å². The van der Waals surface area contributed by atoms with Gasteiger partial charge in [0, 0.05) is 24.3 Å². The minimum Gasteiger partial charge on any atom is -0.325 e. The molecule has 19 heavy (non-hydrogen) atoms. The first-order chi connectivity index (χ1) is 8.99. The Morgan fingerprint density at radius 1 is 1.42 bits per heavy atom. The Bertz CT molecular complexity index is 485. The van der Waals surface area contributed by atoms with E-state index in [1.807, 2.05) is 0 Å². The number of benzene rings is 1. The number of carbonyl (C=O) groups excluding carboxylic acids is 1. The number of urea groups is 1. The van der Waals surface area contributed by atoms with Crippen LogP contribution in [0.5, 0.6) is 0 Å². The normalized spacial score (nSPS) is 16.5. The van der Waals surface area contributed by atoms with E-state index in [2.05, 4.69) is 28.2 Å². The zero-order valence-corrected chi connectivity index (χ0v) is 12.8. The molecule has 2 amide bonds. The van der Waals surface area contributed by atoms with Crippen molar-refractivity contribution in [1.29, 1.82) is 0 Å². The average molecular weight is 329 g/mol. The van der Waals surface area contributed by atoms with Crippen molar-refractivity contribution in [1.82, 2.24) is 4.90 Å². The highest BCUT2D eigenvalue weighted by molar-refractivity contribution is 9.10. The molecule has 1 aliphatic rings. The van der Waals surface area contributed by atoms with Gasteiger partial charge in [0.15, 0.2) is 0 Å². The molecule has 1 N–H and O–H groups in total. The number of carbonyl (C=O) groups is 1. The highest BCUT2D eigenvalue weighted by Crippen LogP contribution is 2.25. The summed E-state index contributed by atoms with van der Waals surface area (Å²) in [4.78, 5) is 13.9. The molecule has 0 bridgehead atoms. The number of hydrogen-bond acceptors (Lipinski definition) is 1. The Balaban J connectivity index is 2.05. The summed E-state index contributed by atoms with van der Waals surface area (Å²) >= 11 is 3.13. The van der Waals surface area contributed by atoms with Gasteiger partial charge in [0.1, 0.15) is 5.82 Å². The van der Waals surface area contributed by atoms with Crippen molar-refractivity contribution in [2.24, 2.45) is 5.92 Å². The number of rotatable bonds is 1. The topological polar surface area (TPSA) is 32.3 Å². The van der Waals surface area contributed by atoms with Crippen LogP contribution in [0.4, 0.5) is 14.9 Å². The first kappa shape index (κ1) is 14.3. The molecule has 1 aromatic carbocycles. The second-order valence-corrected chi connectivity index (χ2v) is 5.99. The van der Waals surface area contributed by atoms with Crippen molar-refractivity contribution < 1.29 is 9.18 Å². The summed E-state index contributed by atoms with van der Waals surface area (Å²) in [7, 11) is 0. The van der Waals surface area contributed by atoms with E-state index in [4.69, 9.17) is 0 Å². The first-order valence-electron chi connectivity index (χ1n) is 6.49. The first-order valence-corrected chi connectivity index (χ1v) is 7.29. The van der Waals surface area contributed by atoms with Crippen molar-refractivity contribution >= 4 is 27.6 Å². The van der Waals surface area contributed by atoms with Crippen LogP contribution in [0, 0.1) is 18.7 Å². The molecule has 0 radical (unpaired) electrons. The average Bonchev–Trinajstić information content (AvgIpc) is 2.40. The molecule has 0 spiro atoms. The van der Waals surface area contributed by atoms with Crippen LogP contribution in [0.15, 0.2) is 16.6 Å². The molecule has 3 nitrogen and oxygen atoms in total. The minimum absolute atomic E-state index is 0.142. The van der Waals surface area contributed by atoms with Crippen molar-refractivity contribution in [3.63, 3.8) is 0 Å². The maximum absolute atomic E-state index is 13.7. The smallest absolute Gasteiger partial charge is 0.321 e. The number of piperidine rings is 1. The van der Waals surface area contributed by atoms with Crippen LogP contribution in [0.1, 0.15) is 25.3 Å². The van der Waals surface area contributed by atoms with Crippen molar-refractivity contribution in [2.45, 2.75) is 26.7 Å². The Morgan fingerprint density at radius 3 is 2.68 bits per heavy atom. The van der Waals surface area contributed by atoms with E-state index in [1.54, 1.807) is 24.0 Å². The van der Waals surface area contributed by atoms with Gasteiger partial charge < -0.3 is 10.2 Å². The van der Waals surface area contributed by atoms with E-state index in [-0.39, 0.29) is 11.8 Å². The summed E-state index contributed by atoms with van der Waals surface area (Å²) in [6.45, 7) is 5.40. The SMILES string of the molecule is Cc1c(NC(=O)N2CCC(C)CC2)ccc(Br)c1F. The van der Waals surface area contributed by atoms with E-state index in [0.717, 1.165) is 25.9 Å². The largest absolute Gasteiger partial charge is 0.325 e. The van der Waals surface area contributed by atoms with Gasteiger partial charge in [0.2, 0.25) is 0 Å². The summed E-state index contributed by atoms with van der Waals surface area (Å²) in [5.41, 5.74) is 0.984. The summed E-state index contributed by atoms with van der Waals surface area (Å²) in [5.74, 6) is 0.348. The van der Waals surface area contributed by atoms with Crippen LogP contribution >= 0.6 is 15.9 Å². The van der Waals surface area contributed by atoms with Gasteiger partial charge in [-0.2, -0.15) is 0 Å². The lowest BCUT2D eigenvalue weighted by Crippen LogP contribution is -2.40. The highest BCUT2D eigenvalue weighted by atomic mass is 79.9. The molecule has 1 saturated heterocycles. The van der Waals surface area contributed by atoms with Crippen molar-refractivity contribution in [3.8, 4) is 0 Å². The number of anilines is 1. The number of likely N-dealkylation sites (tertiary alicyclic amines) is 1. The number of amides is 2. The molecule has 0 aromatic heterocycles. The van der Waals surface area contributed by atoms with Crippen LogP contribution in [0.2, 0.25) is 0 Å². The molecule has 5 heteroatoms. The lowest BCUT2D eigenvalue weighted by molar-refractivity contribution is 0.186. The molecule has 1 fully saturated rings. The summed E-state index contributed by atoms with van der Waals surface area (Å²) in [5, 5.41) is 2.79. The minimum atomic E-state index is -0.329. The Morgan fingerprint density at radius 2 is 2.05 bits per heavy atom. The number of halogens is 2. The third-order valence-electron chi connectivity index (χ3n) is 3.65.